The number of ether oxygens (including phenoxy) is 1. The van der Waals surface area contributed by atoms with Crippen LogP contribution in [0, 0.1) is 0 Å². The van der Waals surface area contributed by atoms with E-state index < -0.39 is 0 Å². The Balaban J connectivity index is 1.57. The van der Waals surface area contributed by atoms with E-state index in [4.69, 9.17) is 4.74 Å². The van der Waals surface area contributed by atoms with Gasteiger partial charge in [0.25, 0.3) is 0 Å². The van der Waals surface area contributed by atoms with Crippen LogP contribution in [0.1, 0.15) is 25.0 Å². The molecule has 0 bridgehead atoms. The second-order valence-corrected chi connectivity index (χ2v) is 6.96. The molecule has 3 nitrogen and oxygen atoms in total. The molecule has 0 atom stereocenters. The van der Waals surface area contributed by atoms with Crippen molar-refractivity contribution < 1.29 is 4.74 Å². The van der Waals surface area contributed by atoms with Crippen LogP contribution >= 0.6 is 0 Å². The van der Waals surface area contributed by atoms with Crippen molar-refractivity contribution in [3.05, 3.63) is 65.7 Å². The van der Waals surface area contributed by atoms with Gasteiger partial charge < -0.3 is 10.1 Å². The minimum absolute atomic E-state index is 0.000586. The third-order valence-electron chi connectivity index (χ3n) is 4.96. The van der Waals surface area contributed by atoms with Gasteiger partial charge >= 0.3 is 0 Å². The Morgan fingerprint density at radius 2 is 1.54 bits per heavy atom. The fraction of sp³-hybridized carbons (Fsp3) is 0.429. The Bertz CT molecular complexity index is 616. The molecule has 2 aromatic carbocycles. The van der Waals surface area contributed by atoms with E-state index in [2.05, 4.69) is 78.7 Å². The van der Waals surface area contributed by atoms with Gasteiger partial charge in [-0.1, -0.05) is 56.3 Å². The molecule has 3 heteroatoms. The van der Waals surface area contributed by atoms with E-state index in [1.165, 1.54) is 11.1 Å². The fourth-order valence-corrected chi connectivity index (χ4v) is 3.22. The normalized spacial score (nSPS) is 16.1. The first-order valence-electron chi connectivity index (χ1n) is 8.88. The van der Waals surface area contributed by atoms with Gasteiger partial charge in [-0.05, 0) is 23.3 Å². The number of nitrogens with zero attached hydrogens (tertiary/aromatic N) is 1. The van der Waals surface area contributed by atoms with Crippen LogP contribution in [0.4, 0.5) is 0 Å². The predicted molar refractivity (Wildman–Crippen MR) is 99.8 cm³/mol. The van der Waals surface area contributed by atoms with Crippen molar-refractivity contribution in [3.63, 3.8) is 0 Å². The van der Waals surface area contributed by atoms with E-state index in [1.54, 1.807) is 0 Å². The first-order chi connectivity index (χ1) is 11.7. The Labute approximate surface area is 145 Å². The van der Waals surface area contributed by atoms with E-state index in [0.29, 0.717) is 0 Å². The zero-order chi connectivity index (χ0) is 16.8. The van der Waals surface area contributed by atoms with Gasteiger partial charge in [0.1, 0.15) is 12.4 Å². The smallest absolute Gasteiger partial charge is 0.119 e. The highest BCUT2D eigenvalue weighted by Gasteiger charge is 2.22. The molecule has 1 saturated heterocycles. The van der Waals surface area contributed by atoms with Crippen molar-refractivity contribution in [2.75, 3.05) is 39.3 Å². The summed E-state index contributed by atoms with van der Waals surface area (Å²) in [6, 6.07) is 19.2. The lowest BCUT2D eigenvalue weighted by Crippen LogP contribution is -2.44. The van der Waals surface area contributed by atoms with E-state index in [9.17, 15) is 0 Å². The SMILES string of the molecule is CC(C)(c1ccccc1)c1ccc(OCCN2CCNCC2)cc1. The second-order valence-electron chi connectivity index (χ2n) is 6.96. The highest BCUT2D eigenvalue weighted by Crippen LogP contribution is 2.32. The molecule has 0 aliphatic carbocycles. The van der Waals surface area contributed by atoms with Crippen LogP contribution in [0.3, 0.4) is 0 Å². The van der Waals surface area contributed by atoms with Crippen LogP contribution in [0.5, 0.6) is 5.75 Å². The van der Waals surface area contributed by atoms with Crippen LogP contribution < -0.4 is 10.1 Å². The summed E-state index contributed by atoms with van der Waals surface area (Å²) in [4.78, 5) is 2.45. The predicted octanol–water partition coefficient (Wildman–Crippen LogP) is 3.30. The molecule has 1 N–H and O–H groups in total. The Hall–Kier alpha value is -1.84. The summed E-state index contributed by atoms with van der Waals surface area (Å²) in [5, 5.41) is 3.37. The first kappa shape index (κ1) is 17.0. The summed E-state index contributed by atoms with van der Waals surface area (Å²) in [5.41, 5.74) is 2.64. The van der Waals surface area contributed by atoms with E-state index in [-0.39, 0.29) is 5.41 Å². The van der Waals surface area contributed by atoms with Crippen molar-refractivity contribution in [1.82, 2.24) is 10.2 Å². The molecule has 0 aromatic heterocycles. The maximum Gasteiger partial charge on any atom is 0.119 e. The molecule has 1 fully saturated rings. The van der Waals surface area contributed by atoms with Crippen LogP contribution in [0.15, 0.2) is 54.6 Å². The molecule has 0 amide bonds. The van der Waals surface area contributed by atoms with Gasteiger partial charge in [0, 0.05) is 38.1 Å². The first-order valence-corrected chi connectivity index (χ1v) is 8.88. The zero-order valence-electron chi connectivity index (χ0n) is 14.8. The number of hydrogen-bond acceptors (Lipinski definition) is 3. The second kappa shape index (κ2) is 7.82. The quantitative estimate of drug-likeness (QED) is 0.882. The molecule has 2 aromatic rings. The molecule has 0 spiro atoms. The van der Waals surface area contributed by atoms with Crippen LogP contribution in [0.25, 0.3) is 0 Å². The van der Waals surface area contributed by atoms with Crippen LogP contribution in [-0.4, -0.2) is 44.2 Å². The molecule has 0 unspecified atom stereocenters. The van der Waals surface area contributed by atoms with Gasteiger partial charge in [-0.25, -0.2) is 0 Å². The maximum absolute atomic E-state index is 5.92. The maximum atomic E-state index is 5.92. The van der Waals surface area contributed by atoms with Crippen molar-refractivity contribution in [2.24, 2.45) is 0 Å². The lowest BCUT2D eigenvalue weighted by molar-refractivity contribution is 0.191. The summed E-state index contributed by atoms with van der Waals surface area (Å²) in [5.74, 6) is 0.956. The summed E-state index contributed by atoms with van der Waals surface area (Å²) in [7, 11) is 0. The molecule has 0 radical (unpaired) electrons. The minimum atomic E-state index is 0.000586. The standard InChI is InChI=1S/C21H28N2O/c1-21(2,18-6-4-3-5-7-18)19-8-10-20(11-9-19)24-17-16-23-14-12-22-13-15-23/h3-11,22H,12-17H2,1-2H3. The Morgan fingerprint density at radius 1 is 0.917 bits per heavy atom. The highest BCUT2D eigenvalue weighted by molar-refractivity contribution is 5.39. The molecule has 1 aliphatic heterocycles. The van der Waals surface area contributed by atoms with Crippen LogP contribution in [0.2, 0.25) is 0 Å². The van der Waals surface area contributed by atoms with Crippen molar-refractivity contribution >= 4 is 0 Å². The number of benzene rings is 2. The highest BCUT2D eigenvalue weighted by atomic mass is 16.5. The molecule has 1 aliphatic rings. The van der Waals surface area contributed by atoms with Crippen molar-refractivity contribution in [1.29, 1.82) is 0 Å². The monoisotopic (exact) mass is 324 g/mol. The number of piperazine rings is 1. The fourth-order valence-electron chi connectivity index (χ4n) is 3.22. The molecular weight excluding hydrogens is 296 g/mol. The molecule has 0 saturated carbocycles. The number of rotatable bonds is 6. The number of nitrogens with one attached hydrogen (secondary N) is 1. The number of hydrogen-bond donors (Lipinski definition) is 1. The third-order valence-corrected chi connectivity index (χ3v) is 4.96. The molecule has 128 valence electrons. The van der Waals surface area contributed by atoms with Gasteiger partial charge in [0.15, 0.2) is 0 Å². The lowest BCUT2D eigenvalue weighted by Gasteiger charge is -2.27. The van der Waals surface area contributed by atoms with Gasteiger partial charge in [0.2, 0.25) is 0 Å². The summed E-state index contributed by atoms with van der Waals surface area (Å²) >= 11 is 0. The van der Waals surface area contributed by atoms with Crippen LogP contribution in [-0.2, 0) is 5.41 Å². The Morgan fingerprint density at radius 3 is 2.21 bits per heavy atom. The van der Waals surface area contributed by atoms with Gasteiger partial charge in [-0.3, -0.25) is 4.90 Å². The lowest BCUT2D eigenvalue weighted by atomic mass is 9.78. The molecular formula is C21H28N2O. The van der Waals surface area contributed by atoms with Crippen molar-refractivity contribution in [3.8, 4) is 5.75 Å². The Kier molecular flexibility index (Phi) is 5.54. The summed E-state index contributed by atoms with van der Waals surface area (Å²) < 4.78 is 5.92. The average molecular weight is 324 g/mol. The molecule has 1 heterocycles. The van der Waals surface area contributed by atoms with E-state index >= 15 is 0 Å². The van der Waals surface area contributed by atoms with Gasteiger partial charge in [0.05, 0.1) is 0 Å². The third kappa shape index (κ3) is 4.16. The zero-order valence-corrected chi connectivity index (χ0v) is 14.8. The summed E-state index contributed by atoms with van der Waals surface area (Å²) in [6.45, 7) is 10.7. The van der Waals surface area contributed by atoms with E-state index in [0.717, 1.165) is 45.1 Å². The molecule has 3 rings (SSSR count). The largest absolute Gasteiger partial charge is 0.492 e. The topological polar surface area (TPSA) is 24.5 Å². The van der Waals surface area contributed by atoms with Gasteiger partial charge in [-0.2, -0.15) is 0 Å². The van der Waals surface area contributed by atoms with Crippen molar-refractivity contribution in [2.45, 2.75) is 19.3 Å². The summed E-state index contributed by atoms with van der Waals surface area (Å²) in [6.07, 6.45) is 0. The minimum Gasteiger partial charge on any atom is -0.492 e. The van der Waals surface area contributed by atoms with E-state index in [1.807, 2.05) is 0 Å². The average Bonchev–Trinajstić information content (AvgIpc) is 2.64. The molecule has 24 heavy (non-hydrogen) atoms. The van der Waals surface area contributed by atoms with Gasteiger partial charge in [-0.15, -0.1) is 0 Å².